The van der Waals surface area contributed by atoms with Gasteiger partial charge in [0, 0.05) is 12.0 Å². The Kier molecular flexibility index (Phi) is 4.30. The van der Waals surface area contributed by atoms with Crippen LogP contribution in [0.1, 0.15) is 5.56 Å². The number of β-amino-alcohol motifs (C(OH)–C–C–N with tert-alkyl or cyclic N) is 1. The number of carbonyl (C=O) groups is 1. The van der Waals surface area contributed by atoms with E-state index in [0.29, 0.717) is 17.2 Å². The second-order valence-electron chi connectivity index (χ2n) is 4.67. The minimum atomic E-state index is -0.579. The molecule has 6 nitrogen and oxygen atoms in total. The second kappa shape index (κ2) is 6.37. The van der Waals surface area contributed by atoms with Crippen molar-refractivity contribution in [3.8, 4) is 0 Å². The van der Waals surface area contributed by atoms with E-state index in [1.807, 2.05) is 0 Å². The highest BCUT2D eigenvalue weighted by molar-refractivity contribution is 8.13. The molecular weight excluding hydrogens is 307 g/mol. The first-order valence-corrected chi connectivity index (χ1v) is 7.67. The summed E-state index contributed by atoms with van der Waals surface area (Å²) < 4.78 is 13.6. The zero-order valence-electron chi connectivity index (χ0n) is 11.5. The molecule has 0 saturated carbocycles. The van der Waals surface area contributed by atoms with Gasteiger partial charge in [-0.2, -0.15) is 10.1 Å². The van der Waals surface area contributed by atoms with Crippen LogP contribution in [0.25, 0.3) is 0 Å². The third-order valence-corrected chi connectivity index (χ3v) is 4.10. The summed E-state index contributed by atoms with van der Waals surface area (Å²) in [4.78, 5) is 20.2. The van der Waals surface area contributed by atoms with E-state index in [4.69, 9.17) is 5.11 Å². The zero-order valence-corrected chi connectivity index (χ0v) is 12.3. The molecule has 0 saturated heterocycles. The molecule has 0 radical (unpaired) electrons. The number of aliphatic hydroxyl groups excluding tert-OH is 1. The number of hydrogen-bond donors (Lipinski definition) is 1. The predicted octanol–water partition coefficient (Wildman–Crippen LogP) is 1.26. The van der Waals surface area contributed by atoms with Crippen LogP contribution >= 0.6 is 11.8 Å². The lowest BCUT2D eigenvalue weighted by molar-refractivity contribution is -0.118. The molecule has 0 aromatic heterocycles. The Morgan fingerprint density at radius 3 is 2.91 bits per heavy atom. The monoisotopic (exact) mass is 320 g/mol. The maximum atomic E-state index is 13.6. The summed E-state index contributed by atoms with van der Waals surface area (Å²) in [6, 6.07) is 6.45. The van der Waals surface area contributed by atoms with Crippen molar-refractivity contribution in [3.63, 3.8) is 0 Å². The molecule has 2 aliphatic rings. The van der Waals surface area contributed by atoms with E-state index in [-0.39, 0.29) is 30.0 Å². The Balaban J connectivity index is 1.73. The van der Waals surface area contributed by atoms with Gasteiger partial charge in [-0.15, -0.1) is 0 Å². The molecule has 0 bridgehead atoms. The van der Waals surface area contributed by atoms with Crippen molar-refractivity contribution >= 4 is 34.9 Å². The number of nitrogens with zero attached hydrogens (tertiary/aromatic N) is 4. The normalized spacial score (nSPS) is 20.0. The lowest BCUT2D eigenvalue weighted by Gasteiger charge is -2.19. The second-order valence-corrected chi connectivity index (χ2v) is 5.61. The summed E-state index contributed by atoms with van der Waals surface area (Å²) in [5.74, 6) is -0.421. The van der Waals surface area contributed by atoms with Crippen molar-refractivity contribution in [3.05, 3.63) is 35.6 Å². The highest BCUT2D eigenvalue weighted by atomic mass is 32.2. The van der Waals surface area contributed by atoms with Crippen molar-refractivity contribution < 1.29 is 14.3 Å². The van der Waals surface area contributed by atoms with E-state index in [1.165, 1.54) is 29.1 Å². The summed E-state index contributed by atoms with van der Waals surface area (Å²) in [7, 11) is 0. The van der Waals surface area contributed by atoms with E-state index in [2.05, 4.69) is 15.1 Å². The maximum Gasteiger partial charge on any atom is 0.264 e. The highest BCUT2D eigenvalue weighted by Crippen LogP contribution is 2.24. The van der Waals surface area contributed by atoms with Crippen LogP contribution in [0.4, 0.5) is 4.39 Å². The highest BCUT2D eigenvalue weighted by Gasteiger charge is 2.35. The molecule has 22 heavy (non-hydrogen) atoms. The maximum absolute atomic E-state index is 13.6. The van der Waals surface area contributed by atoms with Crippen LogP contribution in [0.15, 0.2) is 39.4 Å². The molecule has 1 unspecified atom stereocenters. The summed E-state index contributed by atoms with van der Waals surface area (Å²) in [6.07, 6.45) is 1.47. The summed E-state index contributed by atoms with van der Waals surface area (Å²) >= 11 is 1.19. The number of hydrogen-bond acceptors (Lipinski definition) is 6. The molecule has 8 heteroatoms. The first-order valence-electron chi connectivity index (χ1n) is 6.69. The largest absolute Gasteiger partial charge is 0.394 e. The minimum Gasteiger partial charge on any atom is -0.394 e. The standard InChI is InChI=1S/C14H13FN4O2S/c15-11-4-2-1-3-9(11)8-22-14-17-12-10(13(21)18-14)7-16-19(12)5-6-20/h1-4,7,10,20H,5-6,8H2. The third kappa shape index (κ3) is 2.93. The van der Waals surface area contributed by atoms with Crippen LogP contribution in [-0.4, -0.2) is 46.4 Å². The number of carbonyl (C=O) groups excluding carboxylic acids is 1. The van der Waals surface area contributed by atoms with E-state index >= 15 is 0 Å². The van der Waals surface area contributed by atoms with Gasteiger partial charge in [-0.1, -0.05) is 30.0 Å². The summed E-state index contributed by atoms with van der Waals surface area (Å²) in [5.41, 5.74) is 0.528. The Labute approximate surface area is 130 Å². The Bertz CT molecular complexity index is 689. The van der Waals surface area contributed by atoms with Crippen LogP contribution in [0, 0.1) is 11.7 Å². The molecule has 0 fully saturated rings. The molecule has 114 valence electrons. The molecule has 2 aliphatic heterocycles. The number of aliphatic hydroxyl groups is 1. The topological polar surface area (TPSA) is 77.6 Å². The van der Waals surface area contributed by atoms with E-state index in [1.54, 1.807) is 18.2 Å². The van der Waals surface area contributed by atoms with Crippen molar-refractivity contribution in [2.24, 2.45) is 21.0 Å². The molecular formula is C14H13FN4O2S. The zero-order chi connectivity index (χ0) is 15.5. The molecule has 0 spiro atoms. The van der Waals surface area contributed by atoms with Crippen LogP contribution in [-0.2, 0) is 10.5 Å². The Morgan fingerprint density at radius 2 is 2.14 bits per heavy atom. The van der Waals surface area contributed by atoms with Gasteiger partial charge in [0.2, 0.25) is 0 Å². The molecule has 1 atom stereocenters. The van der Waals surface area contributed by atoms with Gasteiger partial charge in [0.1, 0.15) is 17.6 Å². The van der Waals surface area contributed by atoms with Crippen molar-refractivity contribution in [2.45, 2.75) is 5.75 Å². The first-order chi connectivity index (χ1) is 10.7. The van der Waals surface area contributed by atoms with Crippen molar-refractivity contribution in [1.82, 2.24) is 5.01 Å². The predicted molar refractivity (Wildman–Crippen MR) is 83.3 cm³/mol. The van der Waals surface area contributed by atoms with Gasteiger partial charge in [0.05, 0.1) is 13.2 Å². The molecule has 1 N–H and O–H groups in total. The fraction of sp³-hybridized carbons (Fsp3) is 0.286. The molecule has 1 aromatic rings. The van der Waals surface area contributed by atoms with Gasteiger partial charge < -0.3 is 5.11 Å². The van der Waals surface area contributed by atoms with Crippen molar-refractivity contribution in [1.29, 1.82) is 0 Å². The minimum absolute atomic E-state index is 0.0912. The average Bonchev–Trinajstić information content (AvgIpc) is 2.91. The number of amides is 1. The molecule has 3 rings (SSSR count). The van der Waals surface area contributed by atoms with Crippen LogP contribution in [0.3, 0.4) is 0 Å². The SMILES string of the molecule is O=C1N=C(SCc2ccccc2F)N=C2C1C=NN2CCO. The lowest BCUT2D eigenvalue weighted by atomic mass is 10.1. The van der Waals surface area contributed by atoms with Gasteiger partial charge in [-0.3, -0.25) is 4.79 Å². The van der Waals surface area contributed by atoms with Gasteiger partial charge in [0.25, 0.3) is 5.91 Å². The lowest BCUT2D eigenvalue weighted by Crippen LogP contribution is -2.35. The smallest absolute Gasteiger partial charge is 0.264 e. The van der Waals surface area contributed by atoms with E-state index < -0.39 is 5.92 Å². The number of aliphatic imine (C=N–C) groups is 2. The number of hydrazone groups is 1. The third-order valence-electron chi connectivity index (χ3n) is 3.21. The van der Waals surface area contributed by atoms with Crippen molar-refractivity contribution in [2.75, 3.05) is 13.2 Å². The first kappa shape index (κ1) is 14.9. The number of halogens is 1. The van der Waals surface area contributed by atoms with Crippen LogP contribution < -0.4 is 0 Å². The number of fused-ring (bicyclic) bond motifs is 1. The fourth-order valence-electron chi connectivity index (χ4n) is 2.11. The van der Waals surface area contributed by atoms with Gasteiger partial charge in [0.15, 0.2) is 5.17 Å². The molecule has 0 aliphatic carbocycles. The number of rotatable bonds is 4. The average molecular weight is 320 g/mol. The Morgan fingerprint density at radius 1 is 1.32 bits per heavy atom. The summed E-state index contributed by atoms with van der Waals surface area (Å²) in [6.45, 7) is 0.177. The molecule has 1 amide bonds. The van der Waals surface area contributed by atoms with E-state index in [0.717, 1.165) is 0 Å². The number of thioether (sulfide) groups is 1. The number of amidine groups is 2. The summed E-state index contributed by atoms with van der Waals surface area (Å²) in [5, 5.41) is 14.8. The number of benzene rings is 1. The van der Waals surface area contributed by atoms with E-state index in [9.17, 15) is 9.18 Å². The fourth-order valence-corrected chi connectivity index (χ4v) is 2.94. The quantitative estimate of drug-likeness (QED) is 0.906. The van der Waals surface area contributed by atoms with Gasteiger partial charge >= 0.3 is 0 Å². The molecule has 2 heterocycles. The van der Waals surface area contributed by atoms with Crippen LogP contribution in [0.2, 0.25) is 0 Å². The Hall–Kier alpha value is -2.06. The molecule has 1 aromatic carbocycles. The van der Waals surface area contributed by atoms with Gasteiger partial charge in [-0.05, 0) is 11.6 Å². The van der Waals surface area contributed by atoms with Crippen LogP contribution in [0.5, 0.6) is 0 Å². The van der Waals surface area contributed by atoms with Gasteiger partial charge in [-0.25, -0.2) is 14.4 Å².